The maximum Gasteiger partial charge on any atom is 0.352 e. The minimum atomic E-state index is -1.49. The van der Waals surface area contributed by atoms with E-state index in [0.29, 0.717) is 31.9 Å². The van der Waals surface area contributed by atoms with Crippen LogP contribution in [0.25, 0.3) is 0 Å². The molecular formula is C18H21NO9. The summed E-state index contributed by atoms with van der Waals surface area (Å²) in [6.07, 6.45) is -1.07. The van der Waals surface area contributed by atoms with Crippen molar-refractivity contribution in [3.63, 3.8) is 0 Å². The van der Waals surface area contributed by atoms with Crippen LogP contribution in [0.3, 0.4) is 0 Å². The first-order valence-electron chi connectivity index (χ1n) is 8.87. The maximum absolute atomic E-state index is 13.1. The first-order valence-corrected chi connectivity index (χ1v) is 8.87. The van der Waals surface area contributed by atoms with Gasteiger partial charge in [-0.05, 0) is 13.0 Å². The van der Waals surface area contributed by atoms with Gasteiger partial charge in [0.15, 0.2) is 0 Å². The molecule has 0 N–H and O–H groups in total. The van der Waals surface area contributed by atoms with Crippen LogP contribution in [0.1, 0.15) is 43.2 Å². The molecule has 0 radical (unpaired) electrons. The van der Waals surface area contributed by atoms with Crippen LogP contribution in [0.4, 0.5) is 0 Å². The summed E-state index contributed by atoms with van der Waals surface area (Å²) in [6.45, 7) is 3.64. The molecule has 0 saturated carbocycles. The van der Waals surface area contributed by atoms with Crippen molar-refractivity contribution >= 4 is 18.4 Å². The topological polar surface area (TPSA) is 119 Å². The summed E-state index contributed by atoms with van der Waals surface area (Å²) >= 11 is 0. The molecule has 1 fully saturated rings. The molecule has 0 aromatic carbocycles. The molecule has 2 aliphatic rings. The third kappa shape index (κ3) is 3.52. The summed E-state index contributed by atoms with van der Waals surface area (Å²) in [5.74, 6) is -2.53. The fourth-order valence-electron chi connectivity index (χ4n) is 3.46. The summed E-state index contributed by atoms with van der Waals surface area (Å²) < 4.78 is 27.8. The molecular weight excluding hydrogens is 374 g/mol. The number of rotatable bonds is 7. The fourth-order valence-corrected chi connectivity index (χ4v) is 3.46. The number of hydrogen-bond donors (Lipinski definition) is 0. The Morgan fingerprint density at radius 1 is 1.32 bits per heavy atom. The zero-order valence-corrected chi connectivity index (χ0v) is 15.6. The van der Waals surface area contributed by atoms with Crippen molar-refractivity contribution in [3.8, 4) is 0 Å². The van der Waals surface area contributed by atoms with Crippen LogP contribution in [0, 0.1) is 0 Å². The summed E-state index contributed by atoms with van der Waals surface area (Å²) in [7, 11) is 0. The minimum Gasteiger partial charge on any atom is -0.463 e. The molecule has 10 nitrogen and oxygen atoms in total. The molecule has 1 atom stereocenters. The van der Waals surface area contributed by atoms with Crippen molar-refractivity contribution in [2.45, 2.75) is 45.3 Å². The van der Waals surface area contributed by atoms with E-state index in [1.807, 2.05) is 0 Å². The molecule has 3 heterocycles. The molecule has 28 heavy (non-hydrogen) atoms. The summed E-state index contributed by atoms with van der Waals surface area (Å²) in [4.78, 5) is 47.7. The second-order valence-corrected chi connectivity index (χ2v) is 6.26. The fraction of sp³-hybridized carbons (Fsp3) is 0.556. The largest absolute Gasteiger partial charge is 0.463 e. The second-order valence-electron chi connectivity index (χ2n) is 6.26. The Labute approximate surface area is 160 Å². The lowest BCUT2D eigenvalue weighted by Gasteiger charge is -2.24. The molecule has 10 heteroatoms. The van der Waals surface area contributed by atoms with E-state index in [2.05, 4.69) is 0 Å². The normalized spacial score (nSPS) is 17.8. The highest BCUT2D eigenvalue weighted by Crippen LogP contribution is 2.40. The van der Waals surface area contributed by atoms with Crippen LogP contribution < -0.4 is 5.56 Å². The van der Waals surface area contributed by atoms with Gasteiger partial charge in [-0.3, -0.25) is 14.4 Å². The molecule has 152 valence electrons. The van der Waals surface area contributed by atoms with Gasteiger partial charge in [0.1, 0.15) is 6.61 Å². The van der Waals surface area contributed by atoms with Crippen molar-refractivity contribution < 1.29 is 38.1 Å². The Morgan fingerprint density at radius 2 is 2.04 bits per heavy atom. The van der Waals surface area contributed by atoms with E-state index >= 15 is 0 Å². The number of hydrogen-bond acceptors (Lipinski definition) is 9. The Morgan fingerprint density at radius 3 is 2.64 bits per heavy atom. The molecule has 2 aliphatic heterocycles. The number of carbonyl (C=O) groups is 3. The van der Waals surface area contributed by atoms with Crippen molar-refractivity contribution in [3.05, 3.63) is 33.2 Å². The molecule has 1 unspecified atom stereocenters. The maximum atomic E-state index is 13.1. The molecule has 0 aliphatic carbocycles. The molecule has 0 bridgehead atoms. The Kier molecular flexibility index (Phi) is 5.80. The van der Waals surface area contributed by atoms with E-state index in [1.165, 1.54) is 17.6 Å². The summed E-state index contributed by atoms with van der Waals surface area (Å²) in [5.41, 5.74) is 0.0335. The first-order chi connectivity index (χ1) is 13.4. The van der Waals surface area contributed by atoms with Crippen LogP contribution in [0.5, 0.6) is 0 Å². The lowest BCUT2D eigenvalue weighted by atomic mass is 10.0. The molecule has 1 aromatic rings. The highest BCUT2D eigenvalue weighted by molar-refractivity contribution is 5.78. The smallest absolute Gasteiger partial charge is 0.352 e. The van der Waals surface area contributed by atoms with Crippen LogP contribution >= 0.6 is 0 Å². The number of fused-ring (bicyclic) bond motifs is 2. The van der Waals surface area contributed by atoms with Crippen molar-refractivity contribution in [1.82, 2.24) is 4.57 Å². The van der Waals surface area contributed by atoms with E-state index in [4.69, 9.17) is 23.7 Å². The van der Waals surface area contributed by atoms with Gasteiger partial charge in [0.05, 0.1) is 31.1 Å². The van der Waals surface area contributed by atoms with Crippen LogP contribution in [0.2, 0.25) is 0 Å². The quantitative estimate of drug-likeness (QED) is 0.364. The van der Waals surface area contributed by atoms with Crippen LogP contribution in [-0.2, 0) is 57.0 Å². The molecule has 1 spiro atoms. The third-order valence-electron chi connectivity index (χ3n) is 4.64. The van der Waals surface area contributed by atoms with E-state index in [9.17, 15) is 19.2 Å². The average molecular weight is 395 g/mol. The Balaban J connectivity index is 2.15. The number of aromatic nitrogens is 1. The van der Waals surface area contributed by atoms with E-state index in [0.717, 1.165) is 0 Å². The van der Waals surface area contributed by atoms with Gasteiger partial charge in [0.2, 0.25) is 11.9 Å². The van der Waals surface area contributed by atoms with Gasteiger partial charge >= 0.3 is 11.9 Å². The predicted molar refractivity (Wildman–Crippen MR) is 90.9 cm³/mol. The average Bonchev–Trinajstić information content (AvgIpc) is 3.27. The predicted octanol–water partition coefficient (Wildman–Crippen LogP) is 0.292. The van der Waals surface area contributed by atoms with Gasteiger partial charge < -0.3 is 28.3 Å². The number of ether oxygens (including phenoxy) is 5. The first kappa shape index (κ1) is 20.0. The van der Waals surface area contributed by atoms with E-state index in [1.54, 1.807) is 6.92 Å². The van der Waals surface area contributed by atoms with Crippen LogP contribution in [-0.4, -0.2) is 42.8 Å². The van der Waals surface area contributed by atoms with Crippen LogP contribution in [0.15, 0.2) is 10.9 Å². The Bertz CT molecular complexity index is 838. The summed E-state index contributed by atoms with van der Waals surface area (Å²) in [5, 5.41) is 0. The summed E-state index contributed by atoms with van der Waals surface area (Å²) in [6, 6.07) is 1.52. The standard InChI is InChI=1S/C18H21NO9/c1-3-24-17(23)15(26-10-20)12-8-14-18(27-6-7-28-18)4-5-19(14)16(22)13(12)9-25-11(2)21/h8,10,15H,3-7,9H2,1-2H3. The van der Waals surface area contributed by atoms with Crippen molar-refractivity contribution in [1.29, 1.82) is 0 Å². The zero-order valence-electron chi connectivity index (χ0n) is 15.6. The monoisotopic (exact) mass is 395 g/mol. The lowest BCUT2D eigenvalue weighted by molar-refractivity contribution is -0.164. The molecule has 0 amide bonds. The molecule has 1 saturated heterocycles. The van der Waals surface area contributed by atoms with E-state index in [-0.39, 0.29) is 30.8 Å². The molecule has 1 aromatic heterocycles. The van der Waals surface area contributed by atoms with Gasteiger partial charge in [-0.15, -0.1) is 0 Å². The van der Waals surface area contributed by atoms with Gasteiger partial charge in [0.25, 0.3) is 12.0 Å². The highest BCUT2D eigenvalue weighted by atomic mass is 16.7. The lowest BCUT2D eigenvalue weighted by Crippen LogP contribution is -2.33. The number of carbonyl (C=O) groups excluding carboxylic acids is 3. The second kappa shape index (κ2) is 8.11. The highest BCUT2D eigenvalue weighted by Gasteiger charge is 2.46. The van der Waals surface area contributed by atoms with Crippen molar-refractivity contribution in [2.24, 2.45) is 0 Å². The van der Waals surface area contributed by atoms with Gasteiger partial charge in [-0.25, -0.2) is 4.79 Å². The third-order valence-corrected chi connectivity index (χ3v) is 4.64. The van der Waals surface area contributed by atoms with Gasteiger partial charge in [-0.2, -0.15) is 0 Å². The number of esters is 2. The van der Waals surface area contributed by atoms with Crippen molar-refractivity contribution in [2.75, 3.05) is 19.8 Å². The SMILES string of the molecule is CCOC(=O)C(OC=O)c1cc2n(c(=O)c1COC(C)=O)CCC21OCCO1. The molecule has 3 rings (SSSR count). The number of pyridine rings is 1. The van der Waals surface area contributed by atoms with Gasteiger partial charge in [-0.1, -0.05) is 0 Å². The van der Waals surface area contributed by atoms with E-state index < -0.39 is 29.4 Å². The number of nitrogens with zero attached hydrogens (tertiary/aromatic N) is 1. The Hall–Kier alpha value is -2.72. The minimum absolute atomic E-state index is 0.0221. The van der Waals surface area contributed by atoms with Gasteiger partial charge in [0, 0.05) is 25.5 Å². The zero-order chi connectivity index (χ0) is 20.3.